The molecule has 4 nitrogen and oxygen atoms in total. The number of aliphatic hydroxyl groups is 1. The van der Waals surface area contributed by atoms with Crippen molar-refractivity contribution in [3.05, 3.63) is 6.61 Å². The van der Waals surface area contributed by atoms with Crippen molar-refractivity contribution in [2.75, 3.05) is 13.2 Å². The van der Waals surface area contributed by atoms with E-state index in [9.17, 15) is 9.60 Å². The highest BCUT2D eigenvalue weighted by Crippen LogP contribution is 2.25. The topological polar surface area (TPSA) is 52.9 Å². The van der Waals surface area contributed by atoms with Gasteiger partial charge in [0.15, 0.2) is 0 Å². The van der Waals surface area contributed by atoms with Crippen LogP contribution in [0.5, 0.6) is 0 Å². The SMILES string of the molecule is CC(C)CN(O)[C@H]1[C@H](F)[CH]O[C@@H]1CO. The van der Waals surface area contributed by atoms with Crippen LogP contribution in [0.15, 0.2) is 0 Å². The minimum atomic E-state index is -1.35. The summed E-state index contributed by atoms with van der Waals surface area (Å²) in [4.78, 5) is 0. The Kier molecular flexibility index (Phi) is 4.25. The highest BCUT2D eigenvalue weighted by molar-refractivity contribution is 4.95. The number of nitrogens with zero attached hydrogens (tertiary/aromatic N) is 1. The molecule has 2 N–H and O–H groups in total. The maximum absolute atomic E-state index is 13.2. The van der Waals surface area contributed by atoms with Crippen LogP contribution in [0.2, 0.25) is 0 Å². The first-order valence-corrected chi connectivity index (χ1v) is 4.75. The number of hydrogen-bond acceptors (Lipinski definition) is 4. The van der Waals surface area contributed by atoms with Gasteiger partial charge in [-0.3, -0.25) is 0 Å². The lowest BCUT2D eigenvalue weighted by Gasteiger charge is -2.27. The quantitative estimate of drug-likeness (QED) is 0.661. The Morgan fingerprint density at radius 3 is 2.71 bits per heavy atom. The molecule has 0 aromatic rings. The molecule has 1 radical (unpaired) electrons. The van der Waals surface area contributed by atoms with Gasteiger partial charge >= 0.3 is 0 Å². The van der Waals surface area contributed by atoms with Crippen LogP contribution in [0.4, 0.5) is 4.39 Å². The molecule has 0 aliphatic carbocycles. The summed E-state index contributed by atoms with van der Waals surface area (Å²) in [5, 5.41) is 19.4. The first-order valence-electron chi connectivity index (χ1n) is 4.75. The summed E-state index contributed by atoms with van der Waals surface area (Å²) in [5.41, 5.74) is 0. The van der Waals surface area contributed by atoms with Crippen LogP contribution in [0.1, 0.15) is 13.8 Å². The molecule has 1 heterocycles. The van der Waals surface area contributed by atoms with Gasteiger partial charge in [0.2, 0.25) is 0 Å². The average molecular weight is 206 g/mol. The molecule has 0 aromatic carbocycles. The van der Waals surface area contributed by atoms with Gasteiger partial charge in [0.1, 0.15) is 18.9 Å². The third-order valence-electron chi connectivity index (χ3n) is 2.17. The van der Waals surface area contributed by atoms with Crippen LogP contribution in [0.3, 0.4) is 0 Å². The van der Waals surface area contributed by atoms with Crippen molar-refractivity contribution in [2.24, 2.45) is 5.92 Å². The molecule has 0 unspecified atom stereocenters. The number of hydroxylamine groups is 2. The first-order chi connectivity index (χ1) is 6.56. The van der Waals surface area contributed by atoms with Gasteiger partial charge in [0.25, 0.3) is 0 Å². The molecule has 5 heteroatoms. The molecule has 0 bridgehead atoms. The summed E-state index contributed by atoms with van der Waals surface area (Å²) in [7, 11) is 0. The maximum Gasteiger partial charge on any atom is 0.149 e. The minimum absolute atomic E-state index is 0.229. The summed E-state index contributed by atoms with van der Waals surface area (Å²) < 4.78 is 18.1. The van der Waals surface area contributed by atoms with Crippen LogP contribution >= 0.6 is 0 Å². The molecule has 14 heavy (non-hydrogen) atoms. The van der Waals surface area contributed by atoms with Gasteiger partial charge in [0, 0.05) is 6.54 Å². The van der Waals surface area contributed by atoms with Gasteiger partial charge in [-0.1, -0.05) is 13.8 Å². The fraction of sp³-hybridized carbons (Fsp3) is 0.889. The van der Waals surface area contributed by atoms with Crippen molar-refractivity contribution in [1.82, 2.24) is 5.06 Å². The van der Waals surface area contributed by atoms with Crippen LogP contribution in [-0.4, -0.2) is 46.8 Å². The van der Waals surface area contributed by atoms with Crippen molar-refractivity contribution in [2.45, 2.75) is 32.2 Å². The minimum Gasteiger partial charge on any atom is -0.394 e. The second-order valence-electron chi connectivity index (χ2n) is 3.94. The summed E-state index contributed by atoms with van der Waals surface area (Å²) in [5.74, 6) is 0.229. The van der Waals surface area contributed by atoms with E-state index in [1.165, 1.54) is 0 Å². The third-order valence-corrected chi connectivity index (χ3v) is 2.17. The predicted octanol–water partition coefficient (Wildman–Crippen LogP) is 0.593. The van der Waals surface area contributed by atoms with Gasteiger partial charge < -0.3 is 15.1 Å². The zero-order valence-electron chi connectivity index (χ0n) is 8.43. The Hall–Kier alpha value is -0.230. The van der Waals surface area contributed by atoms with E-state index in [-0.39, 0.29) is 12.5 Å². The van der Waals surface area contributed by atoms with Crippen molar-refractivity contribution in [1.29, 1.82) is 0 Å². The zero-order valence-corrected chi connectivity index (χ0v) is 8.43. The standard InChI is InChI=1S/C9H17FNO3/c1-6(2)3-11(13)9-7(10)5-14-8(9)4-12/h5-9,12-13H,3-4H2,1-2H3/t7-,8-,9+/m1/s1. The Bertz CT molecular complexity index is 179. The van der Waals surface area contributed by atoms with E-state index in [0.29, 0.717) is 6.54 Å². The monoisotopic (exact) mass is 206 g/mol. The predicted molar refractivity (Wildman–Crippen MR) is 48.3 cm³/mol. The highest BCUT2D eigenvalue weighted by Gasteiger charge is 2.41. The van der Waals surface area contributed by atoms with Crippen LogP contribution < -0.4 is 0 Å². The molecule has 3 atom stereocenters. The number of rotatable bonds is 4. The van der Waals surface area contributed by atoms with E-state index in [2.05, 4.69) is 0 Å². The van der Waals surface area contributed by atoms with Crippen LogP contribution in [0, 0.1) is 12.5 Å². The van der Waals surface area contributed by atoms with Crippen molar-refractivity contribution in [3.63, 3.8) is 0 Å². The molecule has 83 valence electrons. The van der Waals surface area contributed by atoms with Crippen LogP contribution in [0.25, 0.3) is 0 Å². The van der Waals surface area contributed by atoms with Crippen molar-refractivity contribution >= 4 is 0 Å². The number of ether oxygens (including phenoxy) is 1. The van der Waals surface area contributed by atoms with Crippen LogP contribution in [-0.2, 0) is 4.74 Å². The molecule has 0 saturated carbocycles. The second-order valence-corrected chi connectivity index (χ2v) is 3.94. The summed E-state index contributed by atoms with van der Waals surface area (Å²) in [6, 6.07) is -0.789. The number of hydrogen-bond donors (Lipinski definition) is 2. The molecule has 0 amide bonds. The number of aliphatic hydroxyl groups excluding tert-OH is 1. The second kappa shape index (κ2) is 5.02. The largest absolute Gasteiger partial charge is 0.394 e. The molecule has 0 aromatic heterocycles. The summed E-state index contributed by atoms with van der Waals surface area (Å²) >= 11 is 0. The van der Waals surface area contributed by atoms with E-state index in [1.54, 1.807) is 0 Å². The molecule has 1 rings (SSSR count). The normalized spacial score (nSPS) is 33.2. The molecule has 1 fully saturated rings. The van der Waals surface area contributed by atoms with Gasteiger partial charge in [-0.2, -0.15) is 5.06 Å². The van der Waals surface area contributed by atoms with E-state index >= 15 is 0 Å². The Labute approximate surface area is 83.2 Å². The lowest BCUT2D eigenvalue weighted by molar-refractivity contribution is -0.160. The van der Waals surface area contributed by atoms with E-state index < -0.39 is 18.3 Å². The molecule has 1 aliphatic heterocycles. The fourth-order valence-electron chi connectivity index (χ4n) is 1.55. The number of halogens is 1. The average Bonchev–Trinajstić information content (AvgIpc) is 2.45. The molecule has 1 aliphatic rings. The highest BCUT2D eigenvalue weighted by atomic mass is 19.1. The molecular weight excluding hydrogens is 189 g/mol. The summed E-state index contributed by atoms with van der Waals surface area (Å²) in [6.07, 6.45) is -2.02. The lowest BCUT2D eigenvalue weighted by atomic mass is 10.1. The third kappa shape index (κ3) is 2.63. The molecule has 0 spiro atoms. The molecular formula is C9H17FNO3. The molecule has 1 saturated heterocycles. The number of alkyl halides is 1. The smallest absolute Gasteiger partial charge is 0.149 e. The maximum atomic E-state index is 13.2. The van der Waals surface area contributed by atoms with E-state index in [0.717, 1.165) is 11.7 Å². The van der Waals surface area contributed by atoms with E-state index in [1.807, 2.05) is 13.8 Å². The van der Waals surface area contributed by atoms with Gasteiger partial charge in [-0.25, -0.2) is 4.39 Å². The van der Waals surface area contributed by atoms with Gasteiger partial charge in [0.05, 0.1) is 12.6 Å². The first kappa shape index (κ1) is 11.8. The van der Waals surface area contributed by atoms with Gasteiger partial charge in [-0.05, 0) is 5.92 Å². The Morgan fingerprint density at radius 2 is 2.21 bits per heavy atom. The van der Waals surface area contributed by atoms with Gasteiger partial charge in [-0.15, -0.1) is 0 Å². The summed E-state index contributed by atoms with van der Waals surface area (Å²) in [6.45, 7) is 4.93. The zero-order chi connectivity index (χ0) is 10.7. The lowest BCUT2D eigenvalue weighted by Crippen LogP contribution is -2.46. The fourth-order valence-corrected chi connectivity index (χ4v) is 1.55. The Balaban J connectivity index is 2.54. The van der Waals surface area contributed by atoms with Crippen molar-refractivity contribution in [3.8, 4) is 0 Å². The Morgan fingerprint density at radius 1 is 1.57 bits per heavy atom. The van der Waals surface area contributed by atoms with Crippen molar-refractivity contribution < 1.29 is 19.4 Å². The van der Waals surface area contributed by atoms with E-state index in [4.69, 9.17) is 9.84 Å².